The molecule has 1 N–H and O–H groups in total. The van der Waals surface area contributed by atoms with Crippen molar-refractivity contribution in [3.63, 3.8) is 0 Å². The van der Waals surface area contributed by atoms with Crippen LogP contribution in [0, 0.1) is 24.0 Å². The quantitative estimate of drug-likeness (QED) is 0.674. The van der Waals surface area contributed by atoms with Crippen molar-refractivity contribution < 1.29 is 4.92 Å². The molecule has 1 aromatic carbocycles. The fourth-order valence-corrected chi connectivity index (χ4v) is 2.08. The Bertz CT molecular complexity index is 638. The van der Waals surface area contributed by atoms with E-state index in [0.717, 1.165) is 16.8 Å². The molecule has 0 saturated carbocycles. The predicted molar refractivity (Wildman–Crippen MR) is 82.1 cm³/mol. The molecule has 21 heavy (non-hydrogen) atoms. The summed E-state index contributed by atoms with van der Waals surface area (Å²) >= 11 is 0. The van der Waals surface area contributed by atoms with Crippen LogP contribution in [0.1, 0.15) is 35.3 Å². The zero-order valence-corrected chi connectivity index (χ0v) is 12.5. The van der Waals surface area contributed by atoms with Crippen molar-refractivity contribution in [3.8, 4) is 0 Å². The monoisotopic (exact) mass is 285 g/mol. The van der Waals surface area contributed by atoms with Crippen molar-refractivity contribution in [1.29, 1.82) is 0 Å². The van der Waals surface area contributed by atoms with Crippen LogP contribution in [-0.4, -0.2) is 9.91 Å². The lowest BCUT2D eigenvalue weighted by Gasteiger charge is -2.14. The van der Waals surface area contributed by atoms with E-state index in [2.05, 4.69) is 10.3 Å². The molecule has 2 rings (SSSR count). The summed E-state index contributed by atoms with van der Waals surface area (Å²) in [7, 11) is 0. The number of aryl methyl sites for hydroxylation is 2. The van der Waals surface area contributed by atoms with Gasteiger partial charge in [-0.15, -0.1) is 0 Å². The van der Waals surface area contributed by atoms with Gasteiger partial charge in [0.15, 0.2) is 0 Å². The first kappa shape index (κ1) is 15.1. The second-order valence-corrected chi connectivity index (χ2v) is 5.21. The molecule has 1 unspecified atom stereocenters. The van der Waals surface area contributed by atoms with Crippen LogP contribution in [0.2, 0.25) is 0 Å². The molecular formula is C16H19N3O2. The van der Waals surface area contributed by atoms with E-state index in [4.69, 9.17) is 0 Å². The number of nitrogens with one attached hydrogen (secondary N) is 1. The number of benzene rings is 1. The van der Waals surface area contributed by atoms with E-state index in [9.17, 15) is 10.1 Å². The Morgan fingerprint density at radius 3 is 2.67 bits per heavy atom. The van der Waals surface area contributed by atoms with Crippen LogP contribution in [0.25, 0.3) is 0 Å². The van der Waals surface area contributed by atoms with E-state index in [0.29, 0.717) is 12.1 Å². The first-order chi connectivity index (χ1) is 9.97. The highest BCUT2D eigenvalue weighted by Gasteiger charge is 2.14. The molecule has 1 atom stereocenters. The lowest BCUT2D eigenvalue weighted by atomic mass is 10.0. The Morgan fingerprint density at radius 2 is 2.05 bits per heavy atom. The SMILES string of the molecule is Cc1ccc(CNC(C)c2ccc(C)c([N+](=O)[O-])c2)cn1. The Labute approximate surface area is 124 Å². The van der Waals surface area contributed by atoms with Crippen molar-refractivity contribution in [1.82, 2.24) is 10.3 Å². The van der Waals surface area contributed by atoms with Crippen molar-refractivity contribution in [3.05, 3.63) is 69.0 Å². The highest BCUT2D eigenvalue weighted by atomic mass is 16.6. The summed E-state index contributed by atoms with van der Waals surface area (Å²) in [5, 5.41) is 14.3. The van der Waals surface area contributed by atoms with Crippen LogP contribution in [0.5, 0.6) is 0 Å². The summed E-state index contributed by atoms with van der Waals surface area (Å²) in [6.45, 7) is 6.37. The Kier molecular flexibility index (Phi) is 4.65. The number of hydrogen-bond acceptors (Lipinski definition) is 4. The molecule has 0 amide bonds. The number of nitro benzene ring substituents is 1. The van der Waals surface area contributed by atoms with E-state index in [1.807, 2.05) is 38.2 Å². The van der Waals surface area contributed by atoms with Crippen molar-refractivity contribution in [2.45, 2.75) is 33.4 Å². The van der Waals surface area contributed by atoms with Crippen LogP contribution in [-0.2, 0) is 6.54 Å². The maximum atomic E-state index is 11.0. The van der Waals surface area contributed by atoms with Crippen LogP contribution in [0.3, 0.4) is 0 Å². The van der Waals surface area contributed by atoms with Gasteiger partial charge in [0.1, 0.15) is 0 Å². The normalized spacial score (nSPS) is 12.1. The molecule has 1 aromatic heterocycles. The Morgan fingerprint density at radius 1 is 1.29 bits per heavy atom. The van der Waals surface area contributed by atoms with Gasteiger partial charge in [-0.25, -0.2) is 0 Å². The number of pyridine rings is 1. The summed E-state index contributed by atoms with van der Waals surface area (Å²) in [4.78, 5) is 14.9. The third-order valence-corrected chi connectivity index (χ3v) is 3.51. The molecule has 0 aliphatic carbocycles. The number of rotatable bonds is 5. The van der Waals surface area contributed by atoms with E-state index in [1.165, 1.54) is 0 Å². The second-order valence-electron chi connectivity index (χ2n) is 5.21. The topological polar surface area (TPSA) is 68.1 Å². The number of nitrogens with zero attached hydrogens (tertiary/aromatic N) is 2. The van der Waals surface area contributed by atoms with Crippen molar-refractivity contribution >= 4 is 5.69 Å². The molecule has 5 nitrogen and oxygen atoms in total. The van der Waals surface area contributed by atoms with Crippen LogP contribution >= 0.6 is 0 Å². The summed E-state index contributed by atoms with van der Waals surface area (Å²) < 4.78 is 0. The third kappa shape index (κ3) is 3.86. The predicted octanol–water partition coefficient (Wildman–Crippen LogP) is 3.46. The summed E-state index contributed by atoms with van der Waals surface area (Å²) in [5.41, 5.74) is 3.83. The molecular weight excluding hydrogens is 266 g/mol. The average molecular weight is 285 g/mol. The van der Waals surface area contributed by atoms with Gasteiger partial charge < -0.3 is 5.32 Å². The van der Waals surface area contributed by atoms with E-state index in [-0.39, 0.29) is 16.7 Å². The lowest BCUT2D eigenvalue weighted by Crippen LogP contribution is -2.18. The first-order valence-corrected chi connectivity index (χ1v) is 6.87. The van der Waals surface area contributed by atoms with Crippen LogP contribution in [0.15, 0.2) is 36.5 Å². The van der Waals surface area contributed by atoms with Gasteiger partial charge in [0.2, 0.25) is 0 Å². The third-order valence-electron chi connectivity index (χ3n) is 3.51. The summed E-state index contributed by atoms with van der Waals surface area (Å²) in [6.07, 6.45) is 1.84. The molecule has 0 saturated heterocycles. The van der Waals surface area contributed by atoms with Gasteiger partial charge in [0, 0.05) is 36.1 Å². The minimum Gasteiger partial charge on any atom is -0.306 e. The van der Waals surface area contributed by atoms with E-state index >= 15 is 0 Å². The molecule has 5 heteroatoms. The zero-order valence-electron chi connectivity index (χ0n) is 12.5. The summed E-state index contributed by atoms with van der Waals surface area (Å²) in [5.74, 6) is 0. The van der Waals surface area contributed by atoms with E-state index in [1.54, 1.807) is 19.1 Å². The molecule has 0 radical (unpaired) electrons. The van der Waals surface area contributed by atoms with Crippen molar-refractivity contribution in [2.75, 3.05) is 0 Å². The molecule has 0 aliphatic rings. The fourth-order valence-electron chi connectivity index (χ4n) is 2.08. The minimum absolute atomic E-state index is 0.0330. The fraction of sp³-hybridized carbons (Fsp3) is 0.312. The maximum absolute atomic E-state index is 11.0. The zero-order chi connectivity index (χ0) is 15.4. The van der Waals surface area contributed by atoms with E-state index < -0.39 is 0 Å². The largest absolute Gasteiger partial charge is 0.306 e. The summed E-state index contributed by atoms with van der Waals surface area (Å²) in [6, 6.07) is 9.39. The molecule has 110 valence electrons. The average Bonchev–Trinajstić information content (AvgIpc) is 2.46. The maximum Gasteiger partial charge on any atom is 0.272 e. The highest BCUT2D eigenvalue weighted by Crippen LogP contribution is 2.23. The highest BCUT2D eigenvalue weighted by molar-refractivity contribution is 5.43. The molecule has 2 aromatic rings. The van der Waals surface area contributed by atoms with Gasteiger partial charge in [-0.05, 0) is 38.0 Å². The molecule has 0 fully saturated rings. The second kappa shape index (κ2) is 6.45. The smallest absolute Gasteiger partial charge is 0.272 e. The van der Waals surface area contributed by atoms with Crippen LogP contribution in [0.4, 0.5) is 5.69 Å². The minimum atomic E-state index is -0.338. The number of aromatic nitrogens is 1. The molecule has 0 spiro atoms. The van der Waals surface area contributed by atoms with Crippen molar-refractivity contribution in [2.24, 2.45) is 0 Å². The van der Waals surface area contributed by atoms with Gasteiger partial charge in [0.25, 0.3) is 5.69 Å². The van der Waals surface area contributed by atoms with Gasteiger partial charge in [-0.3, -0.25) is 15.1 Å². The standard InChI is InChI=1S/C16H19N3O2/c1-11-4-7-15(8-16(11)19(20)21)13(3)18-10-14-6-5-12(2)17-9-14/h4-9,13,18H,10H2,1-3H3. The van der Waals surface area contributed by atoms with Gasteiger partial charge in [0.05, 0.1) is 4.92 Å². The first-order valence-electron chi connectivity index (χ1n) is 6.87. The number of hydrogen-bond donors (Lipinski definition) is 1. The Balaban J connectivity index is 2.06. The number of nitro groups is 1. The lowest BCUT2D eigenvalue weighted by molar-refractivity contribution is -0.385. The van der Waals surface area contributed by atoms with Gasteiger partial charge in [-0.2, -0.15) is 0 Å². The molecule has 0 bridgehead atoms. The Hall–Kier alpha value is -2.27. The van der Waals surface area contributed by atoms with Gasteiger partial charge >= 0.3 is 0 Å². The van der Waals surface area contributed by atoms with Gasteiger partial charge in [-0.1, -0.05) is 18.2 Å². The molecule has 0 aliphatic heterocycles. The molecule has 1 heterocycles. The van der Waals surface area contributed by atoms with Crippen LogP contribution < -0.4 is 5.32 Å².